The molecule has 1 rings (SSSR count). The Morgan fingerprint density at radius 2 is 2.24 bits per heavy atom. The first-order valence-corrected chi connectivity index (χ1v) is 7.27. The Labute approximate surface area is 114 Å². The van der Waals surface area contributed by atoms with Gasteiger partial charge in [-0.3, -0.25) is 4.79 Å². The van der Waals surface area contributed by atoms with Gasteiger partial charge in [0, 0.05) is 11.4 Å². The number of nitrogens with one attached hydrogen (secondary N) is 1. The number of hydrogen-bond donors (Lipinski definition) is 2. The summed E-state index contributed by atoms with van der Waals surface area (Å²) >= 11 is 4.95. The van der Waals surface area contributed by atoms with E-state index in [9.17, 15) is 9.90 Å². The first kappa shape index (κ1) is 14.7. The normalized spacial score (nSPS) is 14.4. The van der Waals surface area contributed by atoms with Crippen molar-refractivity contribution in [2.24, 2.45) is 5.92 Å². The number of aliphatic hydroxyl groups is 1. The van der Waals surface area contributed by atoms with Crippen LogP contribution in [0.2, 0.25) is 0 Å². The zero-order valence-electron chi connectivity index (χ0n) is 10.1. The summed E-state index contributed by atoms with van der Waals surface area (Å²) in [6, 6.07) is 3.90. The maximum Gasteiger partial charge on any atom is 0.225 e. The van der Waals surface area contributed by atoms with Gasteiger partial charge in [0.2, 0.25) is 5.91 Å². The Hall–Kier alpha value is -0.390. The molecule has 0 fully saturated rings. The van der Waals surface area contributed by atoms with E-state index in [0.717, 1.165) is 8.66 Å². The maximum absolute atomic E-state index is 11.6. The highest BCUT2D eigenvalue weighted by atomic mass is 79.9. The fourth-order valence-corrected chi connectivity index (χ4v) is 3.10. The van der Waals surface area contributed by atoms with Crippen molar-refractivity contribution in [3.05, 3.63) is 20.8 Å². The molecule has 0 saturated carbocycles. The molecule has 1 aromatic heterocycles. The lowest BCUT2D eigenvalue weighted by Gasteiger charge is -2.13. The summed E-state index contributed by atoms with van der Waals surface area (Å²) in [6.45, 7) is 4.41. The van der Waals surface area contributed by atoms with E-state index >= 15 is 0 Å². The van der Waals surface area contributed by atoms with E-state index in [1.54, 1.807) is 18.3 Å². The van der Waals surface area contributed by atoms with Crippen LogP contribution in [0.5, 0.6) is 0 Å². The van der Waals surface area contributed by atoms with E-state index in [4.69, 9.17) is 0 Å². The molecule has 0 radical (unpaired) electrons. The van der Waals surface area contributed by atoms with Crippen LogP contribution < -0.4 is 5.32 Å². The molecule has 0 saturated heterocycles. The van der Waals surface area contributed by atoms with Crippen LogP contribution >= 0.6 is 27.3 Å². The Bertz CT molecular complexity index is 365. The number of thiophene rings is 1. The minimum Gasteiger partial charge on any atom is -0.393 e. The third kappa shape index (κ3) is 6.19. The lowest BCUT2D eigenvalue weighted by Crippen LogP contribution is -2.30. The van der Waals surface area contributed by atoms with Crippen LogP contribution in [0.3, 0.4) is 0 Å². The second-order valence-electron chi connectivity index (χ2n) is 4.38. The van der Waals surface area contributed by atoms with Crippen molar-refractivity contribution in [1.29, 1.82) is 0 Å². The molecule has 0 aliphatic heterocycles. The second-order valence-corrected chi connectivity index (χ2v) is 6.92. The number of hydrogen-bond acceptors (Lipinski definition) is 3. The van der Waals surface area contributed by atoms with E-state index < -0.39 is 0 Å². The van der Waals surface area contributed by atoms with Gasteiger partial charge >= 0.3 is 0 Å². The molecule has 2 unspecified atom stereocenters. The number of rotatable bonds is 6. The number of halogens is 1. The SMILES string of the molecule is CC(O)CC(C)CNC(=O)Cc1ccc(Br)s1. The molecule has 0 spiro atoms. The van der Waals surface area contributed by atoms with Crippen LogP contribution in [0.15, 0.2) is 15.9 Å². The Balaban J connectivity index is 2.26. The van der Waals surface area contributed by atoms with E-state index in [-0.39, 0.29) is 12.0 Å². The van der Waals surface area contributed by atoms with Gasteiger partial charge in [-0.05, 0) is 47.3 Å². The van der Waals surface area contributed by atoms with Gasteiger partial charge in [-0.2, -0.15) is 0 Å². The summed E-state index contributed by atoms with van der Waals surface area (Å²) < 4.78 is 1.04. The molecule has 0 bridgehead atoms. The lowest BCUT2D eigenvalue weighted by atomic mass is 10.0. The predicted octanol–water partition coefficient (Wildman–Crippen LogP) is 2.58. The van der Waals surface area contributed by atoms with Crippen LogP contribution in [0.1, 0.15) is 25.1 Å². The highest BCUT2D eigenvalue weighted by Crippen LogP contribution is 2.22. The number of aliphatic hydroxyl groups excluding tert-OH is 1. The molecule has 2 atom stereocenters. The summed E-state index contributed by atoms with van der Waals surface area (Å²) in [5, 5.41) is 12.1. The number of amides is 1. The quantitative estimate of drug-likeness (QED) is 0.846. The maximum atomic E-state index is 11.6. The zero-order valence-corrected chi connectivity index (χ0v) is 12.5. The molecule has 17 heavy (non-hydrogen) atoms. The Morgan fingerprint density at radius 3 is 2.76 bits per heavy atom. The van der Waals surface area contributed by atoms with Crippen molar-refractivity contribution in [2.45, 2.75) is 32.8 Å². The molecular weight excluding hydrogens is 302 g/mol. The third-order valence-corrected chi connectivity index (χ3v) is 3.98. The van der Waals surface area contributed by atoms with Crippen LogP contribution in [-0.4, -0.2) is 23.7 Å². The summed E-state index contributed by atoms with van der Waals surface area (Å²) in [5.74, 6) is 0.339. The fourth-order valence-electron chi connectivity index (χ4n) is 1.62. The van der Waals surface area contributed by atoms with E-state index in [0.29, 0.717) is 25.3 Å². The van der Waals surface area contributed by atoms with Crippen molar-refractivity contribution in [3.63, 3.8) is 0 Å². The van der Waals surface area contributed by atoms with Crippen molar-refractivity contribution >= 4 is 33.2 Å². The van der Waals surface area contributed by atoms with Gasteiger partial charge in [-0.15, -0.1) is 11.3 Å². The smallest absolute Gasteiger partial charge is 0.225 e. The van der Waals surface area contributed by atoms with Crippen molar-refractivity contribution in [2.75, 3.05) is 6.54 Å². The van der Waals surface area contributed by atoms with Crippen LogP contribution in [0, 0.1) is 5.92 Å². The minimum atomic E-state index is -0.310. The van der Waals surface area contributed by atoms with Crippen molar-refractivity contribution < 1.29 is 9.90 Å². The van der Waals surface area contributed by atoms with E-state index in [2.05, 4.69) is 21.2 Å². The zero-order chi connectivity index (χ0) is 12.8. The van der Waals surface area contributed by atoms with Gasteiger partial charge in [-0.1, -0.05) is 6.92 Å². The average molecular weight is 320 g/mol. The molecule has 0 aliphatic rings. The first-order chi connectivity index (χ1) is 7.97. The third-order valence-electron chi connectivity index (χ3n) is 2.35. The molecule has 5 heteroatoms. The van der Waals surface area contributed by atoms with Crippen LogP contribution in [-0.2, 0) is 11.2 Å². The Kier molecular flexibility index (Phi) is 6.16. The largest absolute Gasteiger partial charge is 0.393 e. The molecule has 1 aromatic rings. The van der Waals surface area contributed by atoms with E-state index in [1.807, 2.05) is 19.1 Å². The van der Waals surface area contributed by atoms with Gasteiger partial charge in [0.25, 0.3) is 0 Å². The summed E-state index contributed by atoms with van der Waals surface area (Å²) in [5.41, 5.74) is 0. The second kappa shape index (κ2) is 7.13. The average Bonchev–Trinajstić information content (AvgIpc) is 2.60. The fraction of sp³-hybridized carbons (Fsp3) is 0.583. The Morgan fingerprint density at radius 1 is 1.53 bits per heavy atom. The van der Waals surface area contributed by atoms with Crippen molar-refractivity contribution in [3.8, 4) is 0 Å². The number of carbonyl (C=O) groups excluding carboxylic acids is 1. The summed E-state index contributed by atoms with van der Waals surface area (Å²) in [6.07, 6.45) is 0.831. The molecule has 0 aromatic carbocycles. The highest BCUT2D eigenvalue weighted by Gasteiger charge is 2.09. The molecule has 1 heterocycles. The van der Waals surface area contributed by atoms with Gasteiger partial charge in [0.1, 0.15) is 0 Å². The summed E-state index contributed by atoms with van der Waals surface area (Å²) in [4.78, 5) is 12.7. The molecule has 3 nitrogen and oxygen atoms in total. The standard InChI is InChI=1S/C12H18BrNO2S/c1-8(5-9(2)15)7-14-12(16)6-10-3-4-11(13)17-10/h3-4,8-9,15H,5-7H2,1-2H3,(H,14,16). The molecule has 96 valence electrons. The monoisotopic (exact) mass is 319 g/mol. The van der Waals surface area contributed by atoms with E-state index in [1.165, 1.54) is 0 Å². The first-order valence-electron chi connectivity index (χ1n) is 5.66. The molecule has 1 amide bonds. The molecular formula is C12H18BrNO2S. The molecule has 0 aliphatic carbocycles. The number of carbonyl (C=O) groups is 1. The van der Waals surface area contributed by atoms with Gasteiger partial charge < -0.3 is 10.4 Å². The van der Waals surface area contributed by atoms with Gasteiger partial charge in [-0.25, -0.2) is 0 Å². The lowest BCUT2D eigenvalue weighted by molar-refractivity contribution is -0.120. The van der Waals surface area contributed by atoms with Gasteiger partial charge in [0.15, 0.2) is 0 Å². The summed E-state index contributed by atoms with van der Waals surface area (Å²) in [7, 11) is 0. The van der Waals surface area contributed by atoms with Crippen LogP contribution in [0.4, 0.5) is 0 Å². The van der Waals surface area contributed by atoms with Crippen LogP contribution in [0.25, 0.3) is 0 Å². The molecule has 2 N–H and O–H groups in total. The predicted molar refractivity (Wildman–Crippen MR) is 74.2 cm³/mol. The van der Waals surface area contributed by atoms with Crippen molar-refractivity contribution in [1.82, 2.24) is 5.32 Å². The topological polar surface area (TPSA) is 49.3 Å². The highest BCUT2D eigenvalue weighted by molar-refractivity contribution is 9.11. The van der Waals surface area contributed by atoms with Gasteiger partial charge in [0.05, 0.1) is 16.3 Å². The minimum absolute atomic E-state index is 0.0387.